The predicted octanol–water partition coefficient (Wildman–Crippen LogP) is 0.746. The topological polar surface area (TPSA) is 192 Å². The number of aliphatic hydroxyl groups is 3. The highest BCUT2D eigenvalue weighted by Crippen LogP contribution is 2.51. The van der Waals surface area contributed by atoms with E-state index in [1.165, 1.54) is 10.9 Å². The number of aromatic nitrogens is 4. The fourth-order valence-electron chi connectivity index (χ4n) is 4.30. The molecule has 2 unspecified atom stereocenters. The molecule has 2 aliphatic rings. The van der Waals surface area contributed by atoms with Crippen LogP contribution in [0.5, 0.6) is 0 Å². The number of nitrogens with one attached hydrogen (secondary N) is 1. The summed E-state index contributed by atoms with van der Waals surface area (Å²) < 4.78 is 23.9. The predicted molar refractivity (Wildman–Crippen MR) is 120 cm³/mol. The lowest BCUT2D eigenvalue weighted by molar-refractivity contribution is -0.104. The summed E-state index contributed by atoms with van der Waals surface area (Å²) in [4.78, 5) is 27.4. The van der Waals surface area contributed by atoms with Crippen molar-refractivity contribution in [2.45, 2.75) is 75.0 Å². The Kier molecular flexibility index (Phi) is 6.97. The van der Waals surface area contributed by atoms with Gasteiger partial charge in [0, 0.05) is 5.54 Å². The van der Waals surface area contributed by atoms with Gasteiger partial charge in [0.05, 0.1) is 24.8 Å². The Balaban J connectivity index is 1.58. The number of halogens is 1. The van der Waals surface area contributed by atoms with Crippen LogP contribution >= 0.6 is 19.2 Å². The van der Waals surface area contributed by atoms with Crippen LogP contribution in [-0.2, 0) is 14.0 Å². The first kappa shape index (κ1) is 25.7. The van der Waals surface area contributed by atoms with Gasteiger partial charge in [-0.25, -0.2) is 4.68 Å². The molecule has 1 saturated heterocycles. The molecule has 15 heteroatoms. The van der Waals surface area contributed by atoms with Crippen molar-refractivity contribution in [3.8, 4) is 0 Å². The highest BCUT2D eigenvalue weighted by atomic mass is 35.5. The van der Waals surface area contributed by atoms with Crippen molar-refractivity contribution >= 4 is 36.0 Å². The Morgan fingerprint density at radius 2 is 2.00 bits per heavy atom. The Morgan fingerprint density at radius 1 is 1.32 bits per heavy atom. The van der Waals surface area contributed by atoms with Crippen LogP contribution in [-0.4, -0.2) is 87.3 Å². The monoisotopic (exact) mass is 521 g/mol. The van der Waals surface area contributed by atoms with E-state index in [1.807, 2.05) is 0 Å². The maximum absolute atomic E-state index is 11.7. The molecule has 4 rings (SSSR count). The molecule has 13 nitrogen and oxygen atoms in total. The molecular formula is C19H29ClN5O8P. The Hall–Kier alpha value is -1.41. The second kappa shape index (κ2) is 9.23. The summed E-state index contributed by atoms with van der Waals surface area (Å²) in [5.41, 5.74) is 0.129. The summed E-state index contributed by atoms with van der Waals surface area (Å²) in [5, 5.41) is 36.5. The van der Waals surface area contributed by atoms with E-state index in [-0.39, 0.29) is 16.5 Å². The van der Waals surface area contributed by atoms with Crippen LogP contribution in [0.4, 0.5) is 5.82 Å². The lowest BCUT2D eigenvalue weighted by Gasteiger charge is -2.29. The molecule has 6 N–H and O–H groups in total. The molecule has 1 aliphatic heterocycles. The van der Waals surface area contributed by atoms with Crippen molar-refractivity contribution in [1.82, 2.24) is 19.7 Å². The molecule has 0 aromatic carbocycles. The van der Waals surface area contributed by atoms with Gasteiger partial charge in [0.2, 0.25) is 5.28 Å². The normalized spacial score (nSPS) is 28.9. The smallest absolute Gasteiger partial charge is 0.359 e. The van der Waals surface area contributed by atoms with Crippen LogP contribution < -0.4 is 5.32 Å². The minimum Gasteiger partial charge on any atom is -0.393 e. The molecule has 0 spiro atoms. The zero-order valence-corrected chi connectivity index (χ0v) is 20.4. The summed E-state index contributed by atoms with van der Waals surface area (Å²) in [7, 11) is -4.83. The molecule has 2 fully saturated rings. The number of hydrogen-bond donors (Lipinski definition) is 6. The van der Waals surface area contributed by atoms with E-state index in [1.54, 1.807) is 0 Å². The first-order valence-corrected chi connectivity index (χ1v) is 12.9. The summed E-state index contributed by atoms with van der Waals surface area (Å²) in [6, 6.07) is 0. The average Bonchev–Trinajstić information content (AvgIpc) is 3.44. The molecule has 5 atom stereocenters. The standard InChI is InChI=1S/C19H29ClN5O8P/c1-18(5-3-4-6-18)24-14-10-7-21-25(15(10)23-17(20)22-14)16-13(28)12(27)11(33-16)8-32-19(2,9-26)34(29,30)31/h7,11-13,16,26-28H,3-6,8-9H2,1-2H3,(H,22,23,24)(H2,29,30,31)/t11?,12-,13-,16-,19?/m1/s1. The van der Waals surface area contributed by atoms with Gasteiger partial charge >= 0.3 is 7.60 Å². The molecule has 0 bridgehead atoms. The van der Waals surface area contributed by atoms with E-state index >= 15 is 0 Å². The third-order valence-corrected chi connectivity index (χ3v) is 8.27. The van der Waals surface area contributed by atoms with Crippen molar-refractivity contribution in [2.75, 3.05) is 18.5 Å². The van der Waals surface area contributed by atoms with Crippen LogP contribution in [0.1, 0.15) is 45.8 Å². The second-order valence-corrected chi connectivity index (χ2v) is 11.7. The minimum absolute atomic E-state index is 0.0355. The Morgan fingerprint density at radius 3 is 2.62 bits per heavy atom. The molecule has 2 aromatic rings. The lowest BCUT2D eigenvalue weighted by Crippen LogP contribution is -2.39. The van der Waals surface area contributed by atoms with Gasteiger partial charge in [-0.1, -0.05) is 12.8 Å². The van der Waals surface area contributed by atoms with Gasteiger partial charge < -0.3 is 39.9 Å². The fourth-order valence-corrected chi connectivity index (χ4v) is 4.89. The Labute approximate surface area is 200 Å². The quantitative estimate of drug-likeness (QED) is 0.211. The van der Waals surface area contributed by atoms with Crippen LogP contribution in [0.3, 0.4) is 0 Å². The zero-order chi connectivity index (χ0) is 24.9. The number of ether oxygens (including phenoxy) is 2. The molecule has 0 amide bonds. The third kappa shape index (κ3) is 4.69. The van der Waals surface area contributed by atoms with Gasteiger partial charge in [-0.2, -0.15) is 15.1 Å². The molecule has 34 heavy (non-hydrogen) atoms. The van der Waals surface area contributed by atoms with Gasteiger partial charge in [0.1, 0.15) is 24.1 Å². The van der Waals surface area contributed by atoms with E-state index in [4.69, 9.17) is 21.1 Å². The highest BCUT2D eigenvalue weighted by Gasteiger charge is 2.48. The summed E-state index contributed by atoms with van der Waals surface area (Å²) in [6.07, 6.45) is 0.405. The van der Waals surface area contributed by atoms with E-state index in [9.17, 15) is 29.7 Å². The summed E-state index contributed by atoms with van der Waals surface area (Å²) in [6.45, 7) is 1.69. The first-order chi connectivity index (χ1) is 15.9. The number of anilines is 1. The van der Waals surface area contributed by atoms with Crippen LogP contribution in [0.25, 0.3) is 11.0 Å². The molecule has 1 saturated carbocycles. The average molecular weight is 522 g/mol. The Bertz CT molecular complexity index is 1090. The molecule has 190 valence electrons. The maximum atomic E-state index is 11.7. The minimum atomic E-state index is -4.83. The van der Waals surface area contributed by atoms with E-state index < -0.39 is 50.7 Å². The van der Waals surface area contributed by atoms with Crippen LogP contribution in [0.2, 0.25) is 5.28 Å². The highest BCUT2D eigenvalue weighted by molar-refractivity contribution is 7.53. The van der Waals surface area contributed by atoms with Crippen molar-refractivity contribution in [3.63, 3.8) is 0 Å². The first-order valence-electron chi connectivity index (χ1n) is 10.9. The summed E-state index contributed by atoms with van der Waals surface area (Å²) >= 11 is 6.17. The van der Waals surface area contributed by atoms with Crippen LogP contribution in [0, 0.1) is 0 Å². The number of aliphatic hydroxyl groups excluding tert-OH is 3. The van der Waals surface area contributed by atoms with Crippen LogP contribution in [0.15, 0.2) is 6.20 Å². The molecule has 0 radical (unpaired) electrons. The number of rotatable bonds is 8. The lowest BCUT2D eigenvalue weighted by atomic mass is 10.0. The van der Waals surface area contributed by atoms with Gasteiger partial charge in [0.15, 0.2) is 17.2 Å². The number of fused-ring (bicyclic) bond motifs is 1. The van der Waals surface area contributed by atoms with Crippen molar-refractivity contribution in [1.29, 1.82) is 0 Å². The van der Waals surface area contributed by atoms with E-state index in [0.717, 1.165) is 32.6 Å². The molecule has 1 aliphatic carbocycles. The molecule has 2 aromatic heterocycles. The van der Waals surface area contributed by atoms with E-state index in [0.29, 0.717) is 11.2 Å². The van der Waals surface area contributed by atoms with Gasteiger partial charge in [-0.05, 0) is 38.3 Å². The third-order valence-electron chi connectivity index (χ3n) is 6.60. The molecule has 3 heterocycles. The maximum Gasteiger partial charge on any atom is 0.359 e. The largest absolute Gasteiger partial charge is 0.393 e. The zero-order valence-electron chi connectivity index (χ0n) is 18.7. The van der Waals surface area contributed by atoms with Crippen molar-refractivity contribution < 1.29 is 39.1 Å². The SMILES string of the molecule is CC1(Nc2nc(Cl)nc3c2cnn3[C@@H]2OC(COC(C)(CO)P(=O)(O)O)[C@@H](O)[C@H]2O)CCCC1. The second-order valence-electron chi connectivity index (χ2n) is 9.29. The van der Waals surface area contributed by atoms with Gasteiger partial charge in [-0.3, -0.25) is 4.57 Å². The van der Waals surface area contributed by atoms with Crippen molar-refractivity contribution in [3.05, 3.63) is 11.5 Å². The van der Waals surface area contributed by atoms with E-state index in [2.05, 4.69) is 27.3 Å². The number of hydrogen-bond acceptors (Lipinski definition) is 10. The fraction of sp³-hybridized carbons (Fsp3) is 0.737. The molecular weight excluding hydrogens is 493 g/mol. The van der Waals surface area contributed by atoms with Crippen molar-refractivity contribution in [2.24, 2.45) is 0 Å². The summed E-state index contributed by atoms with van der Waals surface area (Å²) in [5.74, 6) is 0.499. The number of nitrogens with zero attached hydrogens (tertiary/aromatic N) is 4. The van der Waals surface area contributed by atoms with Gasteiger partial charge in [-0.15, -0.1) is 0 Å². The van der Waals surface area contributed by atoms with Gasteiger partial charge in [0.25, 0.3) is 0 Å².